The largest absolute Gasteiger partial charge is 0.486 e. The van der Waals surface area contributed by atoms with E-state index in [0.717, 1.165) is 43.3 Å². The minimum absolute atomic E-state index is 0.0500. The van der Waals surface area contributed by atoms with Crippen molar-refractivity contribution >= 4 is 11.6 Å². The highest BCUT2D eigenvalue weighted by molar-refractivity contribution is 6.06. The third kappa shape index (κ3) is 3.03. The summed E-state index contributed by atoms with van der Waals surface area (Å²) in [6.07, 6.45) is 2.15. The number of rotatable bonds is 3. The minimum Gasteiger partial charge on any atom is -0.486 e. The number of para-hydroxylation sites is 2. The molecule has 0 bridgehead atoms. The molecule has 1 fully saturated rings. The summed E-state index contributed by atoms with van der Waals surface area (Å²) in [6.45, 7) is 2.38. The molecular weight excluding hydrogens is 296 g/mol. The summed E-state index contributed by atoms with van der Waals surface area (Å²) < 4.78 is 17.0. The summed E-state index contributed by atoms with van der Waals surface area (Å²) in [7, 11) is 0. The Kier molecular flexibility index (Phi) is 3.91. The van der Waals surface area contributed by atoms with Gasteiger partial charge in [-0.25, -0.2) is 5.01 Å². The molecule has 1 aromatic rings. The lowest BCUT2D eigenvalue weighted by Gasteiger charge is -2.28. The van der Waals surface area contributed by atoms with Gasteiger partial charge in [-0.1, -0.05) is 12.1 Å². The lowest BCUT2D eigenvalue weighted by molar-refractivity contribution is -0.130. The van der Waals surface area contributed by atoms with Gasteiger partial charge >= 0.3 is 0 Å². The molecular formula is C17H20N2O4. The molecule has 0 N–H and O–H groups in total. The summed E-state index contributed by atoms with van der Waals surface area (Å²) in [6, 6.07) is 7.59. The number of nitrogens with zero attached hydrogens (tertiary/aromatic N) is 2. The van der Waals surface area contributed by atoms with Gasteiger partial charge in [-0.05, 0) is 25.0 Å². The molecule has 3 heterocycles. The summed E-state index contributed by atoms with van der Waals surface area (Å²) >= 11 is 0. The number of carbonyl (C=O) groups is 1. The van der Waals surface area contributed by atoms with Gasteiger partial charge in [-0.3, -0.25) is 4.79 Å². The smallest absolute Gasteiger partial charge is 0.248 e. The molecule has 0 aromatic heterocycles. The van der Waals surface area contributed by atoms with Crippen molar-refractivity contribution in [2.75, 3.05) is 26.4 Å². The molecule has 4 rings (SSSR count). The Labute approximate surface area is 135 Å². The molecule has 6 heteroatoms. The maximum absolute atomic E-state index is 12.2. The molecule has 1 aromatic carbocycles. The molecule has 6 nitrogen and oxygen atoms in total. The molecule has 1 amide bonds. The second-order valence-corrected chi connectivity index (χ2v) is 6.13. The van der Waals surface area contributed by atoms with Crippen LogP contribution in [-0.4, -0.2) is 49.1 Å². The molecule has 122 valence electrons. The van der Waals surface area contributed by atoms with Crippen molar-refractivity contribution in [2.45, 2.75) is 25.4 Å². The number of amides is 1. The van der Waals surface area contributed by atoms with Crippen LogP contribution in [0.2, 0.25) is 0 Å². The monoisotopic (exact) mass is 316 g/mol. The van der Waals surface area contributed by atoms with Crippen LogP contribution in [0.15, 0.2) is 29.4 Å². The molecule has 1 saturated heterocycles. The summed E-state index contributed by atoms with van der Waals surface area (Å²) in [5.74, 6) is 1.91. The predicted molar refractivity (Wildman–Crippen MR) is 83.7 cm³/mol. The Morgan fingerprint density at radius 2 is 1.96 bits per heavy atom. The fraction of sp³-hybridized carbons (Fsp3) is 0.529. The van der Waals surface area contributed by atoms with E-state index in [-0.39, 0.29) is 12.0 Å². The van der Waals surface area contributed by atoms with Crippen LogP contribution in [0.25, 0.3) is 0 Å². The normalized spacial score (nSPS) is 24.7. The maximum atomic E-state index is 12.2. The lowest BCUT2D eigenvalue weighted by atomic mass is 9.93. The van der Waals surface area contributed by atoms with Crippen LogP contribution >= 0.6 is 0 Å². The second kappa shape index (κ2) is 6.20. The standard InChI is InChI=1S/C17H20N2O4/c20-17-9-14(12-5-7-21-8-6-12)18-19(17)10-13-11-22-15-3-1-2-4-16(15)23-13/h1-4,12-13H,5-11H2. The zero-order valence-corrected chi connectivity index (χ0v) is 12.9. The SMILES string of the molecule is O=C1CC(C2CCOCC2)=NN1CC1COc2ccccc2O1. The zero-order chi connectivity index (χ0) is 15.6. The van der Waals surface area contributed by atoms with Crippen LogP contribution in [0.4, 0.5) is 0 Å². The molecule has 0 aliphatic carbocycles. The molecule has 1 unspecified atom stereocenters. The molecule has 0 saturated carbocycles. The predicted octanol–water partition coefficient (Wildman–Crippen LogP) is 1.84. The van der Waals surface area contributed by atoms with Crippen molar-refractivity contribution in [1.82, 2.24) is 5.01 Å². The zero-order valence-electron chi connectivity index (χ0n) is 12.9. The number of hydrazone groups is 1. The van der Waals surface area contributed by atoms with Crippen molar-refractivity contribution in [3.05, 3.63) is 24.3 Å². The molecule has 0 radical (unpaired) electrons. The van der Waals surface area contributed by atoms with E-state index in [9.17, 15) is 4.79 Å². The van der Waals surface area contributed by atoms with Crippen LogP contribution in [-0.2, 0) is 9.53 Å². The maximum Gasteiger partial charge on any atom is 0.248 e. The van der Waals surface area contributed by atoms with Gasteiger partial charge < -0.3 is 14.2 Å². The van der Waals surface area contributed by atoms with Crippen LogP contribution < -0.4 is 9.47 Å². The fourth-order valence-corrected chi connectivity index (χ4v) is 3.24. The first-order valence-corrected chi connectivity index (χ1v) is 8.13. The lowest BCUT2D eigenvalue weighted by Crippen LogP contribution is -2.39. The van der Waals surface area contributed by atoms with Gasteiger partial charge in [0.1, 0.15) is 6.61 Å². The third-order valence-corrected chi connectivity index (χ3v) is 4.51. The van der Waals surface area contributed by atoms with E-state index in [1.807, 2.05) is 24.3 Å². The van der Waals surface area contributed by atoms with Crippen molar-refractivity contribution in [3.8, 4) is 11.5 Å². The van der Waals surface area contributed by atoms with Crippen LogP contribution in [0, 0.1) is 5.92 Å². The van der Waals surface area contributed by atoms with E-state index in [1.54, 1.807) is 5.01 Å². The number of benzene rings is 1. The number of hydrogen-bond donors (Lipinski definition) is 0. The first-order valence-electron chi connectivity index (χ1n) is 8.13. The highest BCUT2D eigenvalue weighted by atomic mass is 16.6. The van der Waals surface area contributed by atoms with E-state index in [4.69, 9.17) is 14.2 Å². The van der Waals surface area contributed by atoms with Gasteiger partial charge in [-0.15, -0.1) is 0 Å². The van der Waals surface area contributed by atoms with Gasteiger partial charge in [0.25, 0.3) is 0 Å². The number of fused-ring (bicyclic) bond motifs is 1. The number of carbonyl (C=O) groups excluding carboxylic acids is 1. The minimum atomic E-state index is -0.188. The van der Waals surface area contributed by atoms with Gasteiger partial charge in [0.05, 0.1) is 18.7 Å². The average molecular weight is 316 g/mol. The van der Waals surface area contributed by atoms with E-state index in [1.165, 1.54) is 0 Å². The summed E-state index contributed by atoms with van der Waals surface area (Å²) in [4.78, 5) is 12.2. The molecule has 23 heavy (non-hydrogen) atoms. The number of ether oxygens (including phenoxy) is 3. The Morgan fingerprint density at radius 3 is 2.78 bits per heavy atom. The van der Waals surface area contributed by atoms with Crippen molar-refractivity contribution in [2.24, 2.45) is 11.0 Å². The average Bonchev–Trinajstić information content (AvgIpc) is 2.96. The van der Waals surface area contributed by atoms with Gasteiger partial charge in [0, 0.05) is 19.1 Å². The summed E-state index contributed by atoms with van der Waals surface area (Å²) in [5.41, 5.74) is 0.996. The van der Waals surface area contributed by atoms with Gasteiger partial charge in [0.2, 0.25) is 5.91 Å². The number of hydrogen-bond acceptors (Lipinski definition) is 5. The Bertz CT molecular complexity index is 625. The van der Waals surface area contributed by atoms with Crippen LogP contribution in [0.1, 0.15) is 19.3 Å². The van der Waals surface area contributed by atoms with Crippen LogP contribution in [0.3, 0.4) is 0 Å². The third-order valence-electron chi connectivity index (χ3n) is 4.51. The van der Waals surface area contributed by atoms with E-state index in [2.05, 4.69) is 5.10 Å². The summed E-state index contributed by atoms with van der Waals surface area (Å²) in [5, 5.41) is 6.10. The first-order chi connectivity index (χ1) is 11.3. The Morgan fingerprint density at radius 1 is 1.17 bits per heavy atom. The van der Waals surface area contributed by atoms with Gasteiger partial charge in [-0.2, -0.15) is 5.10 Å². The Hall–Kier alpha value is -2.08. The quantitative estimate of drug-likeness (QED) is 0.854. The second-order valence-electron chi connectivity index (χ2n) is 6.13. The van der Waals surface area contributed by atoms with E-state index >= 15 is 0 Å². The fourth-order valence-electron chi connectivity index (χ4n) is 3.24. The molecule has 3 aliphatic heterocycles. The van der Waals surface area contributed by atoms with E-state index < -0.39 is 0 Å². The van der Waals surface area contributed by atoms with Crippen molar-refractivity contribution < 1.29 is 19.0 Å². The topological polar surface area (TPSA) is 60.4 Å². The first kappa shape index (κ1) is 14.5. The molecule has 3 aliphatic rings. The molecule has 0 spiro atoms. The van der Waals surface area contributed by atoms with Crippen molar-refractivity contribution in [3.63, 3.8) is 0 Å². The highest BCUT2D eigenvalue weighted by Gasteiger charge is 2.33. The van der Waals surface area contributed by atoms with Crippen LogP contribution in [0.5, 0.6) is 11.5 Å². The Balaban J connectivity index is 1.41. The van der Waals surface area contributed by atoms with Crippen molar-refractivity contribution in [1.29, 1.82) is 0 Å². The molecule has 1 atom stereocenters. The van der Waals surface area contributed by atoms with E-state index in [0.29, 0.717) is 25.5 Å². The highest BCUT2D eigenvalue weighted by Crippen LogP contribution is 2.31. The van der Waals surface area contributed by atoms with Gasteiger partial charge in [0.15, 0.2) is 17.6 Å².